The fourth-order valence-electron chi connectivity index (χ4n) is 4.50. The highest BCUT2D eigenvalue weighted by Gasteiger charge is 2.45. The van der Waals surface area contributed by atoms with Crippen molar-refractivity contribution >= 4 is 33.8 Å². The first-order chi connectivity index (χ1) is 18.1. The number of nitrogens with two attached hydrogens (primary N) is 2. The van der Waals surface area contributed by atoms with Gasteiger partial charge in [0.05, 0.1) is 22.4 Å². The number of alkyl halides is 3. The van der Waals surface area contributed by atoms with Crippen LogP contribution in [-0.4, -0.2) is 67.3 Å². The third-order valence-electron chi connectivity index (χ3n) is 6.58. The third-order valence-corrected chi connectivity index (χ3v) is 8.03. The van der Waals surface area contributed by atoms with Crippen molar-refractivity contribution in [1.82, 2.24) is 14.7 Å². The van der Waals surface area contributed by atoms with E-state index in [0.717, 1.165) is 24.1 Å². The van der Waals surface area contributed by atoms with Gasteiger partial charge in [-0.1, -0.05) is 0 Å². The topological polar surface area (TPSA) is 189 Å². The summed E-state index contributed by atoms with van der Waals surface area (Å²) in [6.07, 6.45) is -2.63. The molecule has 6 N–H and O–H groups in total. The largest absolute Gasteiger partial charge is 0.416 e. The van der Waals surface area contributed by atoms with E-state index < -0.39 is 62.4 Å². The zero-order valence-corrected chi connectivity index (χ0v) is 21.9. The summed E-state index contributed by atoms with van der Waals surface area (Å²) in [4.78, 5) is 44.0. The van der Waals surface area contributed by atoms with Gasteiger partial charge >= 0.3 is 12.1 Å². The lowest BCUT2D eigenvalue weighted by atomic mass is 9.84. The highest BCUT2D eigenvalue weighted by Crippen LogP contribution is 2.32. The summed E-state index contributed by atoms with van der Waals surface area (Å²) >= 11 is 0. The lowest BCUT2D eigenvalue weighted by Crippen LogP contribution is -2.56. The minimum atomic E-state index is -4.70. The van der Waals surface area contributed by atoms with E-state index in [1.807, 2.05) is 0 Å². The maximum atomic E-state index is 13.6. The number of hydroxylamine groups is 2. The molecule has 3 unspecified atom stereocenters. The molecule has 12 nitrogen and oxygen atoms in total. The standard InChI is InChI=1S/C23H31F3N6O6S/c1-13(33)38-32(16-6-7-16)21(35)19(18(20(27)34)11-14-3-2-10-31(12-14)22(28)29)30-39(36,37)17-8-4-15(5-9-17)23(24,25)26/h4-5,8-9,14,16,18-19,30H,2-3,6-7,10-12H2,1H3,(H2,27,34)(H3,28,29). The van der Waals surface area contributed by atoms with Gasteiger partial charge < -0.3 is 21.2 Å². The average Bonchev–Trinajstić information content (AvgIpc) is 3.69. The summed E-state index contributed by atoms with van der Waals surface area (Å²) in [6, 6.07) is 0.235. The molecule has 3 rings (SSSR count). The van der Waals surface area contributed by atoms with Crippen LogP contribution in [-0.2, 0) is 35.4 Å². The molecule has 16 heteroatoms. The molecule has 39 heavy (non-hydrogen) atoms. The van der Waals surface area contributed by atoms with Crippen molar-refractivity contribution in [2.24, 2.45) is 23.3 Å². The molecule has 2 aliphatic rings. The van der Waals surface area contributed by atoms with Crippen molar-refractivity contribution in [1.29, 1.82) is 5.41 Å². The Morgan fingerprint density at radius 3 is 2.28 bits per heavy atom. The van der Waals surface area contributed by atoms with Gasteiger partial charge in [-0.05, 0) is 62.3 Å². The summed E-state index contributed by atoms with van der Waals surface area (Å²) < 4.78 is 67.5. The number of sulfonamides is 1. The molecule has 1 heterocycles. The van der Waals surface area contributed by atoms with E-state index in [9.17, 15) is 36.0 Å². The van der Waals surface area contributed by atoms with Gasteiger partial charge in [-0.15, -0.1) is 0 Å². The summed E-state index contributed by atoms with van der Waals surface area (Å²) in [7, 11) is -4.66. The highest BCUT2D eigenvalue weighted by molar-refractivity contribution is 7.89. The number of carbonyl (C=O) groups excluding carboxylic acids is 3. The predicted octanol–water partition coefficient (Wildman–Crippen LogP) is 0.918. The van der Waals surface area contributed by atoms with Crippen LogP contribution in [0.4, 0.5) is 13.2 Å². The zero-order chi connectivity index (χ0) is 29.1. The van der Waals surface area contributed by atoms with Crippen LogP contribution < -0.4 is 16.2 Å². The van der Waals surface area contributed by atoms with Gasteiger partial charge in [0.2, 0.25) is 15.9 Å². The molecule has 0 aromatic heterocycles. The third kappa shape index (κ3) is 7.81. The van der Waals surface area contributed by atoms with Gasteiger partial charge in [0.25, 0.3) is 5.91 Å². The van der Waals surface area contributed by atoms with E-state index in [1.54, 1.807) is 4.90 Å². The van der Waals surface area contributed by atoms with Crippen molar-refractivity contribution in [2.75, 3.05) is 13.1 Å². The summed E-state index contributed by atoms with van der Waals surface area (Å²) in [5.41, 5.74) is 10.2. The van der Waals surface area contributed by atoms with Crippen LogP contribution in [0.5, 0.6) is 0 Å². The number of hydrogen-bond donors (Lipinski definition) is 4. The quantitative estimate of drug-likeness (QED) is 0.190. The number of hydrogen-bond acceptors (Lipinski definition) is 7. The fourth-order valence-corrected chi connectivity index (χ4v) is 5.73. The number of nitrogens with zero attached hydrogens (tertiary/aromatic N) is 2. The lowest BCUT2D eigenvalue weighted by Gasteiger charge is -2.36. The molecule has 1 aromatic carbocycles. The molecule has 1 aliphatic carbocycles. The van der Waals surface area contributed by atoms with Gasteiger partial charge in [-0.3, -0.25) is 19.8 Å². The number of likely N-dealkylation sites (tertiary alicyclic amines) is 1. The van der Waals surface area contributed by atoms with E-state index in [0.29, 0.717) is 44.4 Å². The van der Waals surface area contributed by atoms with Gasteiger partial charge in [0.15, 0.2) is 5.96 Å². The van der Waals surface area contributed by atoms with E-state index in [2.05, 4.69) is 4.72 Å². The van der Waals surface area contributed by atoms with Gasteiger partial charge in [0, 0.05) is 20.0 Å². The van der Waals surface area contributed by atoms with E-state index >= 15 is 0 Å². The smallest absolute Gasteiger partial charge is 0.370 e. The molecule has 0 bridgehead atoms. The van der Waals surface area contributed by atoms with Crippen LogP contribution >= 0.6 is 0 Å². The minimum absolute atomic E-state index is 0.0658. The Bertz CT molecular complexity index is 1210. The van der Waals surface area contributed by atoms with Crippen LogP contribution in [0.3, 0.4) is 0 Å². The van der Waals surface area contributed by atoms with Crippen molar-refractivity contribution in [3.05, 3.63) is 29.8 Å². The predicted molar refractivity (Wildman–Crippen MR) is 131 cm³/mol. The van der Waals surface area contributed by atoms with E-state index in [1.165, 1.54) is 0 Å². The first-order valence-electron chi connectivity index (χ1n) is 12.2. The molecule has 1 aromatic rings. The van der Waals surface area contributed by atoms with E-state index in [-0.39, 0.29) is 24.8 Å². The molecule has 1 saturated carbocycles. The van der Waals surface area contributed by atoms with Crippen molar-refractivity contribution in [3.63, 3.8) is 0 Å². The number of benzene rings is 1. The molecule has 216 valence electrons. The SMILES string of the molecule is CC(=O)ON(C(=O)C(NS(=O)(=O)c1ccc(C(F)(F)F)cc1)C(CC1CCCN(C(=N)N)C1)C(N)=O)C1CC1. The minimum Gasteiger partial charge on any atom is -0.370 e. The van der Waals surface area contributed by atoms with Crippen molar-refractivity contribution in [3.8, 4) is 0 Å². The molecule has 2 fully saturated rings. The van der Waals surface area contributed by atoms with Crippen LogP contribution in [0.25, 0.3) is 0 Å². The molecule has 0 spiro atoms. The van der Waals surface area contributed by atoms with Crippen LogP contribution in [0.1, 0.15) is 44.6 Å². The highest BCUT2D eigenvalue weighted by atomic mass is 32.2. The normalized spacial score (nSPS) is 19.6. The van der Waals surface area contributed by atoms with Crippen LogP contribution in [0.2, 0.25) is 0 Å². The number of carbonyl (C=O) groups is 3. The number of rotatable bonds is 9. The van der Waals surface area contributed by atoms with Gasteiger partial charge in [-0.25, -0.2) is 8.42 Å². The monoisotopic (exact) mass is 576 g/mol. The van der Waals surface area contributed by atoms with E-state index in [4.69, 9.17) is 21.7 Å². The molecular weight excluding hydrogens is 545 g/mol. The maximum absolute atomic E-state index is 13.6. The zero-order valence-electron chi connectivity index (χ0n) is 21.1. The Morgan fingerprint density at radius 1 is 1.18 bits per heavy atom. The molecule has 2 amide bonds. The Kier molecular flexibility index (Phi) is 9.10. The number of piperidine rings is 1. The van der Waals surface area contributed by atoms with Gasteiger partial charge in [-0.2, -0.15) is 23.0 Å². The second-order valence-corrected chi connectivity index (χ2v) is 11.4. The first-order valence-corrected chi connectivity index (χ1v) is 13.7. The summed E-state index contributed by atoms with van der Waals surface area (Å²) in [5, 5.41) is 8.40. The number of amides is 2. The molecule has 1 saturated heterocycles. The number of nitrogens with one attached hydrogen (secondary N) is 2. The Morgan fingerprint density at radius 2 is 1.79 bits per heavy atom. The number of halogens is 3. The number of primary amides is 1. The van der Waals surface area contributed by atoms with Crippen LogP contribution in [0.15, 0.2) is 29.2 Å². The molecular formula is C23H31F3N6O6S. The van der Waals surface area contributed by atoms with Crippen LogP contribution in [0, 0.1) is 17.2 Å². The van der Waals surface area contributed by atoms with Gasteiger partial charge in [0.1, 0.15) is 6.04 Å². The molecule has 1 aliphatic heterocycles. The summed E-state index contributed by atoms with van der Waals surface area (Å²) in [6.45, 7) is 1.83. The summed E-state index contributed by atoms with van der Waals surface area (Å²) in [5.74, 6) is -4.79. The Hall–Kier alpha value is -3.40. The maximum Gasteiger partial charge on any atom is 0.416 e. The number of guanidine groups is 1. The molecule has 0 radical (unpaired) electrons. The Balaban J connectivity index is 1.96. The second kappa shape index (κ2) is 11.8. The average molecular weight is 577 g/mol. The van der Waals surface area contributed by atoms with Crippen molar-refractivity contribution < 1.29 is 40.8 Å². The van der Waals surface area contributed by atoms with Crippen molar-refractivity contribution in [2.45, 2.75) is 62.2 Å². The Labute approximate surface area is 223 Å². The molecule has 3 atom stereocenters. The fraction of sp³-hybridized carbons (Fsp3) is 0.565. The lowest BCUT2D eigenvalue weighted by molar-refractivity contribution is -0.200. The first kappa shape index (κ1) is 30.1. The second-order valence-electron chi connectivity index (χ2n) is 9.68.